The zero-order chi connectivity index (χ0) is 19.4. The normalized spacial score (nSPS) is 11.9. The van der Waals surface area contributed by atoms with Crippen molar-refractivity contribution >= 4 is 13.5 Å². The van der Waals surface area contributed by atoms with Crippen molar-refractivity contribution in [3.05, 3.63) is 35.9 Å². The Labute approximate surface area is 179 Å². The Morgan fingerprint density at radius 1 is 0.679 bits per heavy atom. The van der Waals surface area contributed by atoms with E-state index in [1.54, 1.807) is 0 Å². The lowest BCUT2D eigenvalue weighted by molar-refractivity contribution is -0.0239. The first-order valence-corrected chi connectivity index (χ1v) is 10.8. The van der Waals surface area contributed by atoms with Crippen molar-refractivity contribution in [2.24, 2.45) is 0 Å². The van der Waals surface area contributed by atoms with E-state index in [-0.39, 0.29) is 13.5 Å². The van der Waals surface area contributed by atoms with Crippen LogP contribution in [0.3, 0.4) is 0 Å². The van der Waals surface area contributed by atoms with Crippen LogP contribution in [0.25, 0.3) is 0 Å². The molecular weight excluding hydrogens is 372 g/mol. The van der Waals surface area contributed by atoms with E-state index in [1.807, 2.05) is 30.3 Å². The zero-order valence-corrected chi connectivity index (χ0v) is 18.5. The van der Waals surface area contributed by atoms with Gasteiger partial charge in [-0.3, -0.25) is 0 Å². The molecule has 0 aliphatic carbocycles. The van der Waals surface area contributed by atoms with Crippen LogP contribution in [0.2, 0.25) is 0 Å². The molecule has 164 valence electrons. The highest BCUT2D eigenvalue weighted by molar-refractivity contribution is 7.59. The largest absolute Gasteiger partial charge is 0.396 e. The van der Waals surface area contributed by atoms with Gasteiger partial charge in [-0.05, 0) is 18.4 Å². The van der Waals surface area contributed by atoms with E-state index in [0.29, 0.717) is 26.4 Å². The first-order valence-electron chi connectivity index (χ1n) is 10.8. The summed E-state index contributed by atoms with van der Waals surface area (Å²) in [6.45, 7) is 2.26. The predicted octanol–water partition coefficient (Wildman–Crippen LogP) is 4.98. The van der Waals surface area contributed by atoms with Crippen molar-refractivity contribution in [2.45, 2.75) is 83.3 Å². The van der Waals surface area contributed by atoms with Crippen molar-refractivity contribution < 1.29 is 19.7 Å². The average Bonchev–Trinajstić information content (AvgIpc) is 2.69. The number of benzene rings is 1. The van der Waals surface area contributed by atoms with Gasteiger partial charge in [-0.2, -0.15) is 13.5 Å². The highest BCUT2D eigenvalue weighted by Gasteiger charge is 2.04. The molecule has 1 aromatic rings. The molecule has 28 heavy (non-hydrogen) atoms. The number of ether oxygens (including phenoxy) is 2. The van der Waals surface area contributed by atoms with Crippen molar-refractivity contribution in [1.29, 1.82) is 0 Å². The lowest BCUT2D eigenvalue weighted by Gasteiger charge is -2.12. The Morgan fingerprint density at radius 3 is 1.75 bits per heavy atom. The molecule has 0 saturated carbocycles. The summed E-state index contributed by atoms with van der Waals surface area (Å²) < 4.78 is 11.1. The van der Waals surface area contributed by atoms with E-state index in [9.17, 15) is 5.11 Å². The second kappa shape index (κ2) is 21.1. The molecule has 0 bridgehead atoms. The average molecular weight is 415 g/mol. The van der Waals surface area contributed by atoms with E-state index < -0.39 is 6.10 Å². The molecule has 0 unspecified atom stereocenters. The first kappa shape index (κ1) is 27.4. The van der Waals surface area contributed by atoms with Crippen LogP contribution in [0.4, 0.5) is 0 Å². The van der Waals surface area contributed by atoms with E-state index >= 15 is 0 Å². The third kappa shape index (κ3) is 17.5. The standard InChI is InChI=1S/C23H40O4.H2S/c24-17-13-8-6-4-2-1-3-5-7-9-14-18-26-20-23(25)21-27-19-22-15-11-10-12-16-22;/h10-12,15-16,23-25H,1-9,13-14,17-21H2;1H2/t23-;/m0./s1. The minimum atomic E-state index is -0.550. The van der Waals surface area contributed by atoms with Gasteiger partial charge in [0.15, 0.2) is 0 Å². The number of unbranched alkanes of at least 4 members (excludes halogenated alkanes) is 10. The SMILES string of the molecule is OCCCCCCCCCCCCCOC[C@H](O)COCc1ccccc1.S. The fraction of sp³-hybridized carbons (Fsp3) is 0.739. The lowest BCUT2D eigenvalue weighted by atomic mass is 10.1. The van der Waals surface area contributed by atoms with Crippen LogP contribution in [-0.2, 0) is 16.1 Å². The first-order chi connectivity index (χ1) is 13.3. The van der Waals surface area contributed by atoms with E-state index in [0.717, 1.165) is 25.0 Å². The number of hydrogen-bond acceptors (Lipinski definition) is 4. The van der Waals surface area contributed by atoms with Gasteiger partial charge in [0.25, 0.3) is 0 Å². The second-order valence-corrected chi connectivity index (χ2v) is 7.34. The Kier molecular flexibility index (Phi) is 20.7. The van der Waals surface area contributed by atoms with Crippen molar-refractivity contribution in [1.82, 2.24) is 0 Å². The maximum atomic E-state index is 9.86. The van der Waals surface area contributed by atoms with Gasteiger partial charge in [-0.1, -0.05) is 88.1 Å². The minimum Gasteiger partial charge on any atom is -0.396 e. The van der Waals surface area contributed by atoms with Gasteiger partial charge in [-0.25, -0.2) is 0 Å². The van der Waals surface area contributed by atoms with Crippen LogP contribution in [0.15, 0.2) is 30.3 Å². The summed E-state index contributed by atoms with van der Waals surface area (Å²) in [7, 11) is 0. The molecule has 0 heterocycles. The molecule has 2 N–H and O–H groups in total. The summed E-state index contributed by atoms with van der Waals surface area (Å²) >= 11 is 0. The summed E-state index contributed by atoms with van der Waals surface area (Å²) in [5.74, 6) is 0. The van der Waals surface area contributed by atoms with Crippen LogP contribution in [0, 0.1) is 0 Å². The van der Waals surface area contributed by atoms with Gasteiger partial charge in [-0.15, -0.1) is 0 Å². The van der Waals surface area contributed by atoms with Crippen LogP contribution in [0.5, 0.6) is 0 Å². The lowest BCUT2D eigenvalue weighted by Crippen LogP contribution is -2.22. The quantitative estimate of drug-likeness (QED) is 0.314. The maximum Gasteiger partial charge on any atom is 0.101 e. The topological polar surface area (TPSA) is 58.9 Å². The van der Waals surface area contributed by atoms with Gasteiger partial charge < -0.3 is 19.7 Å². The molecule has 1 atom stereocenters. The molecule has 1 rings (SSSR count). The molecule has 0 aliphatic rings. The summed E-state index contributed by atoms with van der Waals surface area (Å²) in [6.07, 6.45) is 13.0. The number of aliphatic hydroxyl groups is 2. The van der Waals surface area contributed by atoms with Crippen molar-refractivity contribution in [2.75, 3.05) is 26.4 Å². The molecule has 0 aromatic heterocycles. The summed E-state index contributed by atoms with van der Waals surface area (Å²) in [5, 5.41) is 18.6. The highest BCUT2D eigenvalue weighted by Crippen LogP contribution is 2.11. The fourth-order valence-electron chi connectivity index (χ4n) is 3.06. The number of aliphatic hydroxyl groups excluding tert-OH is 2. The molecule has 0 radical (unpaired) electrons. The van der Waals surface area contributed by atoms with Crippen LogP contribution >= 0.6 is 13.5 Å². The summed E-state index contributed by atoms with van der Waals surface area (Å²) in [5.41, 5.74) is 1.12. The highest BCUT2D eigenvalue weighted by atomic mass is 32.1. The minimum absolute atomic E-state index is 0. The van der Waals surface area contributed by atoms with Gasteiger partial charge in [0, 0.05) is 13.2 Å². The Morgan fingerprint density at radius 2 is 1.18 bits per heavy atom. The van der Waals surface area contributed by atoms with Gasteiger partial charge in [0.2, 0.25) is 0 Å². The summed E-state index contributed by atoms with van der Waals surface area (Å²) in [4.78, 5) is 0. The molecule has 1 aromatic carbocycles. The fourth-order valence-corrected chi connectivity index (χ4v) is 3.06. The van der Waals surface area contributed by atoms with Gasteiger partial charge in [0.05, 0.1) is 19.8 Å². The monoisotopic (exact) mass is 414 g/mol. The molecule has 0 saturated heterocycles. The van der Waals surface area contributed by atoms with Crippen LogP contribution < -0.4 is 0 Å². The van der Waals surface area contributed by atoms with Gasteiger partial charge >= 0.3 is 0 Å². The van der Waals surface area contributed by atoms with Crippen LogP contribution in [-0.4, -0.2) is 42.7 Å². The molecule has 4 nitrogen and oxygen atoms in total. The Bertz CT molecular complexity index is 416. The van der Waals surface area contributed by atoms with Gasteiger partial charge in [0.1, 0.15) is 6.10 Å². The Hall–Kier alpha value is -0.590. The molecule has 0 aliphatic heterocycles. The summed E-state index contributed by atoms with van der Waals surface area (Å²) in [6, 6.07) is 9.98. The van der Waals surface area contributed by atoms with Crippen LogP contribution in [0.1, 0.15) is 76.2 Å². The molecular formula is C23H42O4S. The van der Waals surface area contributed by atoms with Crippen molar-refractivity contribution in [3.8, 4) is 0 Å². The molecule has 0 fully saturated rings. The number of hydrogen-bond donors (Lipinski definition) is 2. The van der Waals surface area contributed by atoms with Crippen molar-refractivity contribution in [3.63, 3.8) is 0 Å². The van der Waals surface area contributed by atoms with E-state index in [4.69, 9.17) is 14.6 Å². The predicted molar refractivity (Wildman–Crippen MR) is 121 cm³/mol. The molecule has 0 spiro atoms. The third-order valence-corrected chi connectivity index (χ3v) is 4.68. The van der Waals surface area contributed by atoms with E-state index in [1.165, 1.54) is 57.8 Å². The second-order valence-electron chi connectivity index (χ2n) is 7.34. The maximum absolute atomic E-state index is 9.86. The van der Waals surface area contributed by atoms with E-state index in [2.05, 4.69) is 0 Å². The zero-order valence-electron chi connectivity index (χ0n) is 17.5. The smallest absolute Gasteiger partial charge is 0.101 e. The third-order valence-electron chi connectivity index (χ3n) is 4.68. The number of rotatable bonds is 19. The molecule has 0 amide bonds. The Balaban J connectivity index is 0.00000729. The molecule has 5 heteroatoms.